The van der Waals surface area contributed by atoms with E-state index in [2.05, 4.69) is 10.5 Å². The lowest BCUT2D eigenvalue weighted by molar-refractivity contribution is -0.306. The molecule has 1 aliphatic rings. The normalized spacial score (nSPS) is 17.5. The number of hydrogen-bond acceptors (Lipinski definition) is 1. The zero-order chi connectivity index (χ0) is 10.1. The summed E-state index contributed by atoms with van der Waals surface area (Å²) in [5.41, 5.74) is 3.29. The summed E-state index contributed by atoms with van der Waals surface area (Å²) in [4.78, 5) is 0. The Labute approximate surface area is 78.1 Å². The summed E-state index contributed by atoms with van der Waals surface area (Å²) in [6, 6.07) is 0. The van der Waals surface area contributed by atoms with Gasteiger partial charge in [-0.05, 0) is 12.5 Å². The Morgan fingerprint density at radius 2 is 2.15 bits per heavy atom. The Bertz CT molecular complexity index is 308. The molecule has 1 nitrogen and oxygen atoms in total. The molecule has 0 saturated heterocycles. The standard InChI is InChI=1S/C8H6ClF3O/c1-5-2-6(9)4-7(3-5)13-8(10,11)12/h4H,3H2,1H3. The predicted molar refractivity (Wildman–Crippen MR) is 41.9 cm³/mol. The van der Waals surface area contributed by atoms with Crippen molar-refractivity contribution in [2.75, 3.05) is 0 Å². The van der Waals surface area contributed by atoms with Crippen LogP contribution in [-0.4, -0.2) is 6.36 Å². The van der Waals surface area contributed by atoms with Crippen LogP contribution < -0.4 is 0 Å². The van der Waals surface area contributed by atoms with Crippen LogP contribution in [0.1, 0.15) is 13.3 Å². The van der Waals surface area contributed by atoms with Gasteiger partial charge in [-0.15, -0.1) is 18.9 Å². The molecule has 0 aromatic carbocycles. The Balaban J connectivity index is 2.74. The number of rotatable bonds is 1. The lowest BCUT2D eigenvalue weighted by atomic mass is 10.1. The maximum absolute atomic E-state index is 11.7. The van der Waals surface area contributed by atoms with Crippen molar-refractivity contribution in [3.8, 4) is 0 Å². The van der Waals surface area contributed by atoms with Crippen LogP contribution in [0.3, 0.4) is 0 Å². The first-order chi connectivity index (χ1) is 5.87. The van der Waals surface area contributed by atoms with Gasteiger partial charge in [-0.25, -0.2) is 0 Å². The lowest BCUT2D eigenvalue weighted by Crippen LogP contribution is -2.13. The highest BCUT2D eigenvalue weighted by Crippen LogP contribution is 2.27. The highest BCUT2D eigenvalue weighted by atomic mass is 35.5. The van der Waals surface area contributed by atoms with E-state index < -0.39 is 6.36 Å². The largest absolute Gasteiger partial charge is 0.572 e. The van der Waals surface area contributed by atoms with Crippen LogP contribution in [0, 0.1) is 0 Å². The molecule has 0 heterocycles. The van der Waals surface area contributed by atoms with Crippen molar-refractivity contribution in [3.05, 3.63) is 28.2 Å². The quantitative estimate of drug-likeness (QED) is 0.602. The second-order valence-electron chi connectivity index (χ2n) is 2.59. The molecular formula is C8H6ClF3O. The Kier molecular flexibility index (Phi) is 2.74. The van der Waals surface area contributed by atoms with Gasteiger partial charge in [-0.3, -0.25) is 0 Å². The third-order valence-electron chi connectivity index (χ3n) is 1.31. The molecule has 5 heteroatoms. The summed E-state index contributed by atoms with van der Waals surface area (Å²) < 4.78 is 39.0. The molecule has 0 unspecified atom stereocenters. The Hall–Kier alpha value is -0.860. The zero-order valence-corrected chi connectivity index (χ0v) is 7.46. The summed E-state index contributed by atoms with van der Waals surface area (Å²) in [5.74, 6) is -0.200. The van der Waals surface area contributed by atoms with Gasteiger partial charge in [-0.2, -0.15) is 0 Å². The van der Waals surface area contributed by atoms with Crippen LogP contribution >= 0.6 is 11.6 Å². The van der Waals surface area contributed by atoms with Gasteiger partial charge in [0.25, 0.3) is 0 Å². The summed E-state index contributed by atoms with van der Waals surface area (Å²) in [6.07, 6.45) is -3.45. The first-order valence-corrected chi connectivity index (χ1v) is 3.83. The fraction of sp³-hybridized carbons (Fsp3) is 0.375. The highest BCUT2D eigenvalue weighted by molar-refractivity contribution is 6.31. The van der Waals surface area contributed by atoms with E-state index in [1.54, 1.807) is 6.92 Å². The maximum Gasteiger partial charge on any atom is 0.572 e. The molecule has 72 valence electrons. The molecule has 0 amide bonds. The van der Waals surface area contributed by atoms with Crippen LogP contribution in [0.2, 0.25) is 0 Å². The number of hydrogen-bond donors (Lipinski definition) is 0. The average Bonchev–Trinajstić information content (AvgIpc) is 1.78. The fourth-order valence-corrected chi connectivity index (χ4v) is 1.24. The van der Waals surface area contributed by atoms with E-state index >= 15 is 0 Å². The number of halogens is 4. The molecular weight excluding hydrogens is 205 g/mol. The van der Waals surface area contributed by atoms with Crippen LogP contribution in [0.5, 0.6) is 0 Å². The topological polar surface area (TPSA) is 9.23 Å². The van der Waals surface area contributed by atoms with Gasteiger partial charge in [0.05, 0.1) is 5.03 Å². The number of ether oxygens (including phenoxy) is 1. The van der Waals surface area contributed by atoms with Gasteiger partial charge in [0.15, 0.2) is 0 Å². The molecule has 0 bridgehead atoms. The maximum atomic E-state index is 11.7. The SMILES string of the molecule is CC1=C=C(Cl)C=C(OC(F)(F)F)C1. The van der Waals surface area contributed by atoms with Crippen molar-refractivity contribution < 1.29 is 17.9 Å². The smallest absolute Gasteiger partial charge is 0.410 e. The lowest BCUT2D eigenvalue weighted by Gasteiger charge is -2.13. The first-order valence-electron chi connectivity index (χ1n) is 3.45. The van der Waals surface area contributed by atoms with Gasteiger partial charge in [0.2, 0.25) is 0 Å². The zero-order valence-electron chi connectivity index (χ0n) is 6.70. The van der Waals surface area contributed by atoms with Crippen molar-refractivity contribution in [2.45, 2.75) is 19.7 Å². The van der Waals surface area contributed by atoms with E-state index in [9.17, 15) is 13.2 Å². The minimum atomic E-state index is -4.65. The molecule has 0 aromatic rings. The molecule has 0 radical (unpaired) electrons. The van der Waals surface area contributed by atoms with Gasteiger partial charge in [0, 0.05) is 12.5 Å². The number of alkyl halides is 3. The van der Waals surface area contributed by atoms with E-state index in [0.29, 0.717) is 5.57 Å². The molecule has 0 atom stereocenters. The molecule has 0 aromatic heterocycles. The summed E-state index contributed by atoms with van der Waals surface area (Å²) in [5, 5.41) is 0.128. The van der Waals surface area contributed by atoms with E-state index in [4.69, 9.17) is 11.6 Å². The minimum absolute atomic E-state index is 0.0930. The van der Waals surface area contributed by atoms with Crippen molar-refractivity contribution in [3.63, 3.8) is 0 Å². The van der Waals surface area contributed by atoms with E-state index in [-0.39, 0.29) is 17.2 Å². The number of allylic oxidation sites excluding steroid dienone is 2. The minimum Gasteiger partial charge on any atom is -0.410 e. The summed E-state index contributed by atoms with van der Waals surface area (Å²) in [7, 11) is 0. The second kappa shape index (κ2) is 3.48. The van der Waals surface area contributed by atoms with Gasteiger partial charge >= 0.3 is 6.36 Å². The molecule has 0 fully saturated rings. The Morgan fingerprint density at radius 1 is 1.54 bits per heavy atom. The van der Waals surface area contributed by atoms with Crippen molar-refractivity contribution in [1.29, 1.82) is 0 Å². The molecule has 0 N–H and O–H groups in total. The summed E-state index contributed by atoms with van der Waals surface area (Å²) >= 11 is 5.50. The Morgan fingerprint density at radius 3 is 2.62 bits per heavy atom. The van der Waals surface area contributed by atoms with Crippen LogP contribution in [0.25, 0.3) is 0 Å². The fourth-order valence-electron chi connectivity index (χ4n) is 0.952. The molecule has 0 spiro atoms. The van der Waals surface area contributed by atoms with Crippen LogP contribution in [-0.2, 0) is 4.74 Å². The van der Waals surface area contributed by atoms with E-state index in [0.717, 1.165) is 6.08 Å². The van der Waals surface area contributed by atoms with Crippen molar-refractivity contribution in [2.24, 2.45) is 0 Å². The molecule has 1 aliphatic carbocycles. The van der Waals surface area contributed by atoms with Gasteiger partial charge in [0.1, 0.15) is 5.76 Å². The summed E-state index contributed by atoms with van der Waals surface area (Å²) in [6.45, 7) is 1.63. The molecule has 0 aliphatic heterocycles. The third-order valence-corrected chi connectivity index (χ3v) is 1.51. The third kappa shape index (κ3) is 3.57. The second-order valence-corrected chi connectivity index (χ2v) is 3.00. The van der Waals surface area contributed by atoms with Gasteiger partial charge < -0.3 is 4.74 Å². The molecule has 1 rings (SSSR count). The van der Waals surface area contributed by atoms with Crippen molar-refractivity contribution in [1.82, 2.24) is 0 Å². The van der Waals surface area contributed by atoms with E-state index in [1.165, 1.54) is 0 Å². The molecule has 13 heavy (non-hydrogen) atoms. The molecule has 0 saturated carbocycles. The first kappa shape index (κ1) is 10.2. The van der Waals surface area contributed by atoms with Gasteiger partial charge in [-0.1, -0.05) is 11.6 Å². The van der Waals surface area contributed by atoms with E-state index in [1.807, 2.05) is 0 Å². The van der Waals surface area contributed by atoms with Crippen molar-refractivity contribution >= 4 is 11.6 Å². The monoisotopic (exact) mass is 210 g/mol. The predicted octanol–water partition coefficient (Wildman–Crippen LogP) is 3.48. The average molecular weight is 211 g/mol. The van der Waals surface area contributed by atoms with Crippen LogP contribution in [0.4, 0.5) is 13.2 Å². The highest BCUT2D eigenvalue weighted by Gasteiger charge is 2.32. The van der Waals surface area contributed by atoms with Crippen LogP contribution in [0.15, 0.2) is 28.2 Å².